The lowest BCUT2D eigenvalue weighted by atomic mass is 9.92. The Bertz CT molecular complexity index is 1190. The molecular formula is C30H41ClN4O6. The molecule has 10 nitrogen and oxygen atoms in total. The first-order chi connectivity index (χ1) is 19.3. The number of nitro benzene ring substituents is 1. The van der Waals surface area contributed by atoms with Crippen molar-refractivity contribution in [3.05, 3.63) is 74.8 Å². The highest BCUT2D eigenvalue weighted by atomic mass is 35.5. The number of non-ortho nitro benzene ring substituents is 1. The van der Waals surface area contributed by atoms with Crippen molar-refractivity contribution >= 4 is 35.0 Å². The molecule has 3 amide bonds. The Morgan fingerprint density at radius 2 is 1.59 bits per heavy atom. The standard InChI is InChI=1S/C30H41ClN4O6/c1-18(2)13-25(27(36)14-20(5)28(37)32-17-19(3)4)33-30(39)26(15-21-9-11-24(12-10-21)35(40)41)34-29(38)22-7-6-8-23(31)16-22/h6-12,16,18-20,25-27,36H,13-15,17H2,1-5H3,(H,32,37)(H,33,39)(H,34,38)/t20-,25+,26+,27+/m1/s1. The van der Waals surface area contributed by atoms with Crippen LogP contribution in [-0.2, 0) is 16.0 Å². The zero-order chi connectivity index (χ0) is 30.7. The van der Waals surface area contributed by atoms with E-state index in [4.69, 9.17) is 11.6 Å². The van der Waals surface area contributed by atoms with Gasteiger partial charge in [-0.1, -0.05) is 64.4 Å². The molecule has 0 spiro atoms. The van der Waals surface area contributed by atoms with Crippen molar-refractivity contribution in [2.24, 2.45) is 17.8 Å². The SMILES string of the molecule is CC(C)CNC(=O)[C@H](C)C[C@H](O)[C@H](CC(C)C)NC(=O)[C@H](Cc1ccc([N+](=O)[O-])cc1)NC(=O)c1cccc(Cl)c1. The smallest absolute Gasteiger partial charge is 0.269 e. The molecular weight excluding hydrogens is 548 g/mol. The van der Waals surface area contributed by atoms with Crippen LogP contribution in [0.15, 0.2) is 48.5 Å². The second kappa shape index (κ2) is 16.1. The van der Waals surface area contributed by atoms with Crippen molar-refractivity contribution in [2.45, 2.75) is 72.1 Å². The van der Waals surface area contributed by atoms with Gasteiger partial charge in [-0.15, -0.1) is 0 Å². The number of hydrogen-bond acceptors (Lipinski definition) is 6. The maximum Gasteiger partial charge on any atom is 0.269 e. The predicted molar refractivity (Wildman–Crippen MR) is 159 cm³/mol. The summed E-state index contributed by atoms with van der Waals surface area (Å²) in [6.07, 6.45) is -0.373. The minimum atomic E-state index is -1.06. The van der Waals surface area contributed by atoms with Crippen LogP contribution in [0.25, 0.3) is 0 Å². The van der Waals surface area contributed by atoms with E-state index in [1.54, 1.807) is 25.1 Å². The number of nitrogens with one attached hydrogen (secondary N) is 3. The lowest BCUT2D eigenvalue weighted by Crippen LogP contribution is -2.54. The Hall–Kier alpha value is -3.50. The molecule has 2 aromatic carbocycles. The first kappa shape index (κ1) is 33.7. The largest absolute Gasteiger partial charge is 0.391 e. The van der Waals surface area contributed by atoms with Crippen LogP contribution in [0, 0.1) is 27.9 Å². The summed E-state index contributed by atoms with van der Waals surface area (Å²) in [5, 5.41) is 31.0. The zero-order valence-electron chi connectivity index (χ0n) is 24.2. The molecule has 0 unspecified atom stereocenters. The van der Waals surface area contributed by atoms with Gasteiger partial charge in [-0.2, -0.15) is 0 Å². The molecule has 41 heavy (non-hydrogen) atoms. The van der Waals surface area contributed by atoms with Crippen LogP contribution in [0.1, 0.15) is 63.4 Å². The average Bonchev–Trinajstić information content (AvgIpc) is 2.90. The van der Waals surface area contributed by atoms with Gasteiger partial charge in [0.05, 0.1) is 17.1 Å². The Morgan fingerprint density at radius 3 is 2.15 bits per heavy atom. The Labute approximate surface area is 246 Å². The fourth-order valence-electron chi connectivity index (χ4n) is 4.29. The molecule has 0 saturated heterocycles. The molecule has 224 valence electrons. The molecule has 0 aliphatic rings. The van der Waals surface area contributed by atoms with Gasteiger partial charge in [0.2, 0.25) is 11.8 Å². The molecule has 0 aliphatic carbocycles. The molecule has 0 aliphatic heterocycles. The fraction of sp³-hybridized carbons (Fsp3) is 0.500. The number of nitrogens with zero attached hydrogens (tertiary/aromatic N) is 1. The van der Waals surface area contributed by atoms with E-state index in [9.17, 15) is 29.6 Å². The third-order valence-corrected chi connectivity index (χ3v) is 6.78. The van der Waals surface area contributed by atoms with Gasteiger partial charge in [0.25, 0.3) is 11.6 Å². The van der Waals surface area contributed by atoms with Gasteiger partial charge in [0.15, 0.2) is 0 Å². The van der Waals surface area contributed by atoms with Gasteiger partial charge in [0.1, 0.15) is 6.04 Å². The van der Waals surface area contributed by atoms with Gasteiger partial charge in [-0.3, -0.25) is 24.5 Å². The summed E-state index contributed by atoms with van der Waals surface area (Å²) in [5.41, 5.74) is 0.766. The molecule has 0 bridgehead atoms. The average molecular weight is 589 g/mol. The maximum atomic E-state index is 13.6. The summed E-state index contributed by atoms with van der Waals surface area (Å²) in [6, 6.07) is 10.3. The molecule has 11 heteroatoms. The van der Waals surface area contributed by atoms with Crippen molar-refractivity contribution in [1.82, 2.24) is 16.0 Å². The van der Waals surface area contributed by atoms with E-state index >= 15 is 0 Å². The summed E-state index contributed by atoms with van der Waals surface area (Å²) < 4.78 is 0. The molecule has 2 rings (SSSR count). The Kier molecular flexibility index (Phi) is 13.2. The van der Waals surface area contributed by atoms with Gasteiger partial charge in [-0.25, -0.2) is 0 Å². The molecule has 0 saturated carbocycles. The number of aliphatic hydroxyl groups excluding tert-OH is 1. The summed E-state index contributed by atoms with van der Waals surface area (Å²) in [6.45, 7) is 10.2. The van der Waals surface area contributed by atoms with E-state index < -0.39 is 40.8 Å². The van der Waals surface area contributed by atoms with Crippen LogP contribution >= 0.6 is 11.6 Å². The quantitative estimate of drug-likeness (QED) is 0.180. The topological polar surface area (TPSA) is 151 Å². The van der Waals surface area contributed by atoms with Crippen LogP contribution in [0.2, 0.25) is 5.02 Å². The van der Waals surface area contributed by atoms with Gasteiger partial charge < -0.3 is 21.1 Å². The van der Waals surface area contributed by atoms with Crippen LogP contribution < -0.4 is 16.0 Å². The Balaban J connectivity index is 2.25. The number of rotatable bonds is 15. The molecule has 2 aromatic rings. The highest BCUT2D eigenvalue weighted by molar-refractivity contribution is 6.31. The summed E-state index contributed by atoms with van der Waals surface area (Å²) in [4.78, 5) is 49.7. The van der Waals surface area contributed by atoms with Crippen molar-refractivity contribution < 1.29 is 24.4 Å². The minimum absolute atomic E-state index is 0.0502. The number of benzene rings is 2. The van der Waals surface area contributed by atoms with Crippen LogP contribution in [0.5, 0.6) is 0 Å². The molecule has 4 atom stereocenters. The van der Waals surface area contributed by atoms with Crippen molar-refractivity contribution in [1.29, 1.82) is 0 Å². The maximum absolute atomic E-state index is 13.6. The summed E-state index contributed by atoms with van der Waals surface area (Å²) >= 11 is 6.04. The lowest BCUT2D eigenvalue weighted by Gasteiger charge is -2.29. The second-order valence-electron chi connectivity index (χ2n) is 11.3. The highest BCUT2D eigenvalue weighted by Gasteiger charge is 2.30. The number of amides is 3. The number of carbonyl (C=O) groups excluding carboxylic acids is 3. The van der Waals surface area contributed by atoms with E-state index in [1.807, 2.05) is 27.7 Å². The van der Waals surface area contributed by atoms with E-state index in [1.165, 1.54) is 30.3 Å². The summed E-state index contributed by atoms with van der Waals surface area (Å²) in [7, 11) is 0. The van der Waals surface area contributed by atoms with E-state index in [-0.39, 0.29) is 35.9 Å². The van der Waals surface area contributed by atoms with Crippen molar-refractivity contribution in [3.8, 4) is 0 Å². The Morgan fingerprint density at radius 1 is 0.927 bits per heavy atom. The van der Waals surface area contributed by atoms with Gasteiger partial charge >= 0.3 is 0 Å². The van der Waals surface area contributed by atoms with Crippen LogP contribution in [-0.4, -0.2) is 52.5 Å². The number of nitro groups is 1. The molecule has 0 fully saturated rings. The minimum Gasteiger partial charge on any atom is -0.391 e. The lowest BCUT2D eigenvalue weighted by molar-refractivity contribution is -0.384. The highest BCUT2D eigenvalue weighted by Crippen LogP contribution is 2.18. The molecule has 0 radical (unpaired) electrons. The number of hydrogen-bond donors (Lipinski definition) is 4. The normalized spacial score (nSPS) is 14.2. The summed E-state index contributed by atoms with van der Waals surface area (Å²) in [5.74, 6) is -1.29. The molecule has 0 aromatic heterocycles. The van der Waals surface area contributed by atoms with Crippen molar-refractivity contribution in [2.75, 3.05) is 6.54 Å². The number of carbonyl (C=O) groups is 3. The number of aliphatic hydroxyl groups is 1. The first-order valence-electron chi connectivity index (χ1n) is 13.8. The molecule has 4 N–H and O–H groups in total. The van der Waals surface area contributed by atoms with Gasteiger partial charge in [-0.05, 0) is 48.4 Å². The van der Waals surface area contributed by atoms with Crippen LogP contribution in [0.4, 0.5) is 5.69 Å². The third-order valence-electron chi connectivity index (χ3n) is 6.54. The van der Waals surface area contributed by atoms with Crippen LogP contribution in [0.3, 0.4) is 0 Å². The van der Waals surface area contributed by atoms with E-state index in [0.29, 0.717) is 29.5 Å². The van der Waals surface area contributed by atoms with E-state index in [0.717, 1.165) is 0 Å². The van der Waals surface area contributed by atoms with E-state index in [2.05, 4.69) is 16.0 Å². The number of halogens is 1. The van der Waals surface area contributed by atoms with Gasteiger partial charge in [0, 0.05) is 41.6 Å². The van der Waals surface area contributed by atoms with Crippen molar-refractivity contribution in [3.63, 3.8) is 0 Å². The third kappa shape index (κ3) is 11.5. The predicted octanol–water partition coefficient (Wildman–Crippen LogP) is 4.28. The zero-order valence-corrected chi connectivity index (χ0v) is 25.0. The fourth-order valence-corrected chi connectivity index (χ4v) is 4.48. The molecule has 0 heterocycles. The monoisotopic (exact) mass is 588 g/mol. The first-order valence-corrected chi connectivity index (χ1v) is 14.2. The second-order valence-corrected chi connectivity index (χ2v) is 11.7.